The van der Waals surface area contributed by atoms with Crippen LogP contribution in [0.1, 0.15) is 12.0 Å². The van der Waals surface area contributed by atoms with E-state index in [1.54, 1.807) is 12.1 Å². The van der Waals surface area contributed by atoms with Gasteiger partial charge in [-0.05, 0) is 18.1 Å². The Bertz CT molecular complexity index is 473. The molecule has 2 heterocycles. The van der Waals surface area contributed by atoms with E-state index < -0.39 is 11.4 Å². The number of pyridine rings is 1. The van der Waals surface area contributed by atoms with Crippen molar-refractivity contribution in [1.29, 1.82) is 0 Å². The van der Waals surface area contributed by atoms with Crippen LogP contribution in [0, 0.1) is 5.41 Å². The molecule has 0 aromatic carbocycles. The van der Waals surface area contributed by atoms with E-state index in [1.165, 1.54) is 6.20 Å². The van der Waals surface area contributed by atoms with Crippen LogP contribution in [-0.4, -0.2) is 35.1 Å². The maximum absolute atomic E-state index is 11.9. The van der Waals surface area contributed by atoms with Crippen LogP contribution in [0.5, 0.6) is 0 Å². The summed E-state index contributed by atoms with van der Waals surface area (Å²) in [5.74, 6) is -1.45. The zero-order valence-corrected chi connectivity index (χ0v) is 10.3. The van der Waals surface area contributed by atoms with Gasteiger partial charge in [0.2, 0.25) is 0 Å². The third kappa shape index (κ3) is 2.37. The zero-order valence-electron chi connectivity index (χ0n) is 9.56. The Morgan fingerprint density at radius 1 is 1.56 bits per heavy atom. The number of aromatic nitrogens is 1. The monoisotopic (exact) mass is 269 g/mol. The molecule has 1 N–H and O–H groups in total. The smallest absolute Gasteiger partial charge is 0.319 e. The van der Waals surface area contributed by atoms with Crippen LogP contribution in [-0.2, 0) is 20.7 Å². The van der Waals surface area contributed by atoms with Gasteiger partial charge in [-0.3, -0.25) is 9.59 Å². The first-order valence-corrected chi connectivity index (χ1v) is 5.87. The fourth-order valence-electron chi connectivity index (χ4n) is 2.00. The minimum atomic E-state index is -1.49. The van der Waals surface area contributed by atoms with Gasteiger partial charge in [0.25, 0.3) is 0 Å². The molecule has 2 rings (SSSR count). The minimum absolute atomic E-state index is 0.0747. The molecule has 1 unspecified atom stereocenters. The molecule has 0 amide bonds. The van der Waals surface area contributed by atoms with Crippen LogP contribution in [0.15, 0.2) is 18.3 Å². The van der Waals surface area contributed by atoms with Gasteiger partial charge in [-0.25, -0.2) is 4.98 Å². The molecule has 1 aromatic heterocycles. The summed E-state index contributed by atoms with van der Waals surface area (Å²) >= 11 is 5.66. The molecular weight excluding hydrogens is 258 g/mol. The van der Waals surface area contributed by atoms with Crippen molar-refractivity contribution in [2.24, 2.45) is 5.41 Å². The molecule has 5 nitrogen and oxygen atoms in total. The highest BCUT2D eigenvalue weighted by Gasteiger charge is 2.47. The number of ether oxygens (including phenoxy) is 1. The number of halogens is 1. The molecule has 1 saturated heterocycles. The maximum atomic E-state index is 11.9. The van der Waals surface area contributed by atoms with Gasteiger partial charge >= 0.3 is 5.97 Å². The van der Waals surface area contributed by atoms with Crippen LogP contribution >= 0.6 is 11.6 Å². The summed E-state index contributed by atoms with van der Waals surface area (Å²) < 4.78 is 5.16. The SMILES string of the molecule is O=C(O)C1(Cc2ccc(Cl)nc2)COCCC1=O. The summed E-state index contributed by atoms with van der Waals surface area (Å²) in [6.07, 6.45) is 1.69. The van der Waals surface area contributed by atoms with Gasteiger partial charge < -0.3 is 9.84 Å². The third-order valence-electron chi connectivity index (χ3n) is 3.06. The molecule has 0 spiro atoms. The van der Waals surface area contributed by atoms with E-state index in [2.05, 4.69) is 4.98 Å². The second kappa shape index (κ2) is 5.04. The molecule has 1 atom stereocenters. The van der Waals surface area contributed by atoms with Crippen molar-refractivity contribution in [1.82, 2.24) is 4.98 Å². The predicted molar refractivity (Wildman–Crippen MR) is 63.5 cm³/mol. The number of aliphatic carboxylic acids is 1. The lowest BCUT2D eigenvalue weighted by molar-refractivity contribution is -0.164. The van der Waals surface area contributed by atoms with Crippen LogP contribution in [0.3, 0.4) is 0 Å². The number of carboxylic acid groups (broad SMARTS) is 1. The lowest BCUT2D eigenvalue weighted by Gasteiger charge is -2.31. The fraction of sp³-hybridized carbons (Fsp3) is 0.417. The van der Waals surface area contributed by atoms with Gasteiger partial charge in [-0.2, -0.15) is 0 Å². The molecule has 1 fully saturated rings. The summed E-state index contributed by atoms with van der Waals surface area (Å²) in [6, 6.07) is 3.24. The molecule has 1 aliphatic heterocycles. The minimum Gasteiger partial charge on any atom is -0.480 e. The normalized spacial score (nSPS) is 23.9. The van der Waals surface area contributed by atoms with Crippen LogP contribution < -0.4 is 0 Å². The largest absolute Gasteiger partial charge is 0.480 e. The number of Topliss-reactive ketones (excluding diaryl/α,β-unsaturated/α-hetero) is 1. The quantitative estimate of drug-likeness (QED) is 0.662. The topological polar surface area (TPSA) is 76.5 Å². The number of carboxylic acids is 1. The summed E-state index contributed by atoms with van der Waals surface area (Å²) in [7, 11) is 0. The second-order valence-corrected chi connectivity index (χ2v) is 4.67. The zero-order chi connectivity index (χ0) is 13.2. The predicted octanol–water partition coefficient (Wildman–Crippen LogP) is 1.34. The molecule has 18 heavy (non-hydrogen) atoms. The molecule has 0 saturated carbocycles. The van der Waals surface area contributed by atoms with Gasteiger partial charge in [-0.15, -0.1) is 0 Å². The van der Waals surface area contributed by atoms with Crippen molar-refractivity contribution in [3.63, 3.8) is 0 Å². The number of nitrogens with zero attached hydrogens (tertiary/aromatic N) is 1. The van der Waals surface area contributed by atoms with E-state index in [-0.39, 0.29) is 31.8 Å². The summed E-state index contributed by atoms with van der Waals surface area (Å²) in [4.78, 5) is 27.2. The van der Waals surface area contributed by atoms with Gasteiger partial charge in [0.05, 0.1) is 13.2 Å². The highest BCUT2D eigenvalue weighted by Crippen LogP contribution is 2.30. The van der Waals surface area contributed by atoms with Gasteiger partial charge in [0.15, 0.2) is 11.2 Å². The lowest BCUT2D eigenvalue weighted by atomic mass is 9.76. The molecule has 1 aromatic rings. The Balaban J connectivity index is 2.28. The summed E-state index contributed by atoms with van der Waals surface area (Å²) in [6.45, 7) is 0.191. The van der Waals surface area contributed by atoms with E-state index in [0.29, 0.717) is 10.7 Å². The molecule has 1 aliphatic rings. The highest BCUT2D eigenvalue weighted by atomic mass is 35.5. The Hall–Kier alpha value is -1.46. The highest BCUT2D eigenvalue weighted by molar-refractivity contribution is 6.29. The Labute approximate surface area is 109 Å². The Morgan fingerprint density at radius 2 is 2.33 bits per heavy atom. The number of carbonyl (C=O) groups is 2. The average Bonchev–Trinajstić information content (AvgIpc) is 2.35. The fourth-order valence-corrected chi connectivity index (χ4v) is 2.11. The van der Waals surface area contributed by atoms with E-state index in [0.717, 1.165) is 0 Å². The molecule has 0 aliphatic carbocycles. The van der Waals surface area contributed by atoms with Crippen molar-refractivity contribution in [2.45, 2.75) is 12.8 Å². The van der Waals surface area contributed by atoms with Gasteiger partial charge in [-0.1, -0.05) is 17.7 Å². The molecule has 96 valence electrons. The van der Waals surface area contributed by atoms with Crippen molar-refractivity contribution >= 4 is 23.4 Å². The average molecular weight is 270 g/mol. The van der Waals surface area contributed by atoms with Crippen molar-refractivity contribution in [3.05, 3.63) is 29.0 Å². The number of hydrogen-bond donors (Lipinski definition) is 1. The molecule has 0 radical (unpaired) electrons. The Morgan fingerprint density at radius 3 is 2.89 bits per heavy atom. The van der Waals surface area contributed by atoms with Crippen LogP contribution in [0.2, 0.25) is 5.15 Å². The van der Waals surface area contributed by atoms with E-state index >= 15 is 0 Å². The van der Waals surface area contributed by atoms with Crippen LogP contribution in [0.4, 0.5) is 0 Å². The van der Waals surface area contributed by atoms with Gasteiger partial charge in [0.1, 0.15) is 5.15 Å². The molecule has 0 bridgehead atoms. The van der Waals surface area contributed by atoms with Gasteiger partial charge in [0, 0.05) is 12.6 Å². The van der Waals surface area contributed by atoms with E-state index in [9.17, 15) is 14.7 Å². The van der Waals surface area contributed by atoms with Crippen molar-refractivity contribution < 1.29 is 19.4 Å². The standard InChI is InChI=1S/C12H12ClNO4/c13-10-2-1-8(6-14-10)5-12(11(16)17)7-18-4-3-9(12)15/h1-2,6H,3-5,7H2,(H,16,17). The first-order chi connectivity index (χ1) is 8.54. The van der Waals surface area contributed by atoms with Crippen LogP contribution in [0.25, 0.3) is 0 Å². The first-order valence-electron chi connectivity index (χ1n) is 5.49. The van der Waals surface area contributed by atoms with E-state index in [1.807, 2.05) is 0 Å². The van der Waals surface area contributed by atoms with Crippen molar-refractivity contribution in [2.75, 3.05) is 13.2 Å². The number of rotatable bonds is 3. The maximum Gasteiger partial charge on any atom is 0.319 e. The molecule has 6 heteroatoms. The summed E-state index contributed by atoms with van der Waals surface area (Å²) in [5.41, 5.74) is -0.839. The second-order valence-electron chi connectivity index (χ2n) is 4.28. The van der Waals surface area contributed by atoms with Crippen molar-refractivity contribution in [3.8, 4) is 0 Å². The Kier molecular flexibility index (Phi) is 3.63. The lowest BCUT2D eigenvalue weighted by Crippen LogP contribution is -2.48. The van der Waals surface area contributed by atoms with E-state index in [4.69, 9.17) is 16.3 Å². The number of ketones is 1. The number of hydrogen-bond acceptors (Lipinski definition) is 4. The number of carbonyl (C=O) groups excluding carboxylic acids is 1. The summed E-state index contributed by atoms with van der Waals surface area (Å²) in [5, 5.41) is 9.66. The first kappa shape index (κ1) is 13.0. The molecular formula is C12H12ClNO4. The third-order valence-corrected chi connectivity index (χ3v) is 3.28.